The Hall–Kier alpha value is -2.69. The minimum absolute atomic E-state index is 0.148. The zero-order valence-corrected chi connectivity index (χ0v) is 14.8. The van der Waals surface area contributed by atoms with Gasteiger partial charge in [0.05, 0.1) is 0 Å². The number of rotatable bonds is 2. The minimum atomic E-state index is -0.722. The second-order valence-corrected chi connectivity index (χ2v) is 6.50. The van der Waals surface area contributed by atoms with Crippen LogP contribution in [-0.2, 0) is 4.79 Å². The van der Waals surface area contributed by atoms with Crippen molar-refractivity contribution in [1.29, 1.82) is 0 Å². The molecule has 1 aromatic carbocycles. The van der Waals surface area contributed by atoms with Gasteiger partial charge >= 0.3 is 0 Å². The Labute approximate surface area is 150 Å². The second-order valence-electron chi connectivity index (χ2n) is 5.64. The quantitative estimate of drug-likeness (QED) is 0.794. The van der Waals surface area contributed by atoms with Crippen LogP contribution in [0.3, 0.4) is 0 Å². The number of terminal acetylenes is 1. The van der Waals surface area contributed by atoms with Crippen molar-refractivity contribution in [2.24, 2.45) is 5.73 Å². The molecule has 0 radical (unpaired) electrons. The molecule has 3 N–H and O–H groups in total. The fourth-order valence-corrected chi connectivity index (χ4v) is 3.15. The normalized spacial score (nSPS) is 16.2. The number of carbonyl (C=O) groups excluding carboxylic acids is 2. The number of nitrogens with zero attached hydrogens (tertiary/aromatic N) is 2. The highest BCUT2D eigenvalue weighted by atomic mass is 32.1. The lowest BCUT2D eigenvalue weighted by atomic mass is 10.1. The van der Waals surface area contributed by atoms with Crippen molar-refractivity contribution < 1.29 is 14.7 Å². The molecule has 0 spiro atoms. The number of aryl methyl sites for hydroxylation is 1. The van der Waals surface area contributed by atoms with Crippen LogP contribution >= 0.6 is 11.3 Å². The summed E-state index contributed by atoms with van der Waals surface area (Å²) in [5.41, 5.74) is 8.26. The fourth-order valence-electron chi connectivity index (χ4n) is 2.26. The SMILES string of the molecule is C#Cc1ccc(C)c(-c2nc(C(N)=O)cs2)c1.CN1CCC(O)C1=O. The molecule has 2 aromatic rings. The van der Waals surface area contributed by atoms with Crippen molar-refractivity contribution in [2.45, 2.75) is 19.4 Å². The number of amides is 2. The first-order valence-corrected chi connectivity index (χ1v) is 8.47. The maximum atomic E-state index is 11.0. The van der Waals surface area contributed by atoms with Crippen molar-refractivity contribution in [3.8, 4) is 22.9 Å². The van der Waals surface area contributed by atoms with Gasteiger partial charge in [0.1, 0.15) is 16.8 Å². The Kier molecular flexibility index (Phi) is 5.91. The standard InChI is InChI=1S/C13H10N2OS.C5H9NO2/c1-3-9-5-4-8(2)10(6-9)13-15-11(7-17-13)12(14)16;1-6-3-2-4(7)5(6)8/h1,4-7H,2H3,(H2,14,16);4,7H,2-3H2,1H3. The molecule has 1 aliphatic rings. The van der Waals surface area contributed by atoms with Crippen LogP contribution in [0.25, 0.3) is 10.6 Å². The summed E-state index contributed by atoms with van der Waals surface area (Å²) in [5.74, 6) is 1.92. The highest BCUT2D eigenvalue weighted by Crippen LogP contribution is 2.27. The molecule has 6 nitrogen and oxygen atoms in total. The number of hydrogen-bond acceptors (Lipinski definition) is 5. The molecule has 130 valence electrons. The summed E-state index contributed by atoms with van der Waals surface area (Å²) in [4.78, 5) is 27.3. The average Bonchev–Trinajstić information content (AvgIpc) is 3.19. The van der Waals surface area contributed by atoms with Gasteiger partial charge in [-0.2, -0.15) is 0 Å². The van der Waals surface area contributed by atoms with Gasteiger partial charge in [-0.3, -0.25) is 9.59 Å². The van der Waals surface area contributed by atoms with Gasteiger partial charge in [-0.05, 0) is 31.0 Å². The zero-order valence-electron chi connectivity index (χ0n) is 14.0. The molecular formula is C18H19N3O3S. The van der Waals surface area contributed by atoms with Crippen LogP contribution in [0.1, 0.15) is 28.0 Å². The van der Waals surface area contributed by atoms with E-state index in [-0.39, 0.29) is 11.6 Å². The molecule has 0 aliphatic carbocycles. The first kappa shape index (κ1) is 18.6. The molecule has 1 saturated heterocycles. The smallest absolute Gasteiger partial charge is 0.268 e. The number of benzene rings is 1. The number of likely N-dealkylation sites (N-methyl/N-ethyl adjacent to an activating group) is 1. The van der Waals surface area contributed by atoms with Crippen LogP contribution in [0.5, 0.6) is 0 Å². The summed E-state index contributed by atoms with van der Waals surface area (Å²) in [7, 11) is 1.69. The minimum Gasteiger partial charge on any atom is -0.383 e. The Morgan fingerprint density at radius 1 is 1.52 bits per heavy atom. The van der Waals surface area contributed by atoms with Gasteiger partial charge in [0.25, 0.3) is 11.8 Å². The fraction of sp³-hybridized carbons (Fsp3) is 0.278. The molecule has 2 amide bonds. The van der Waals surface area contributed by atoms with Crippen LogP contribution < -0.4 is 5.73 Å². The first-order valence-electron chi connectivity index (χ1n) is 7.59. The summed E-state index contributed by atoms with van der Waals surface area (Å²) in [6.45, 7) is 2.67. The molecule has 1 unspecified atom stereocenters. The highest BCUT2D eigenvalue weighted by molar-refractivity contribution is 7.13. The van der Waals surface area contributed by atoms with E-state index in [0.717, 1.165) is 21.7 Å². The summed E-state index contributed by atoms with van der Waals surface area (Å²) in [6, 6.07) is 5.70. The zero-order chi connectivity index (χ0) is 18.6. The van der Waals surface area contributed by atoms with E-state index in [4.69, 9.17) is 17.3 Å². The predicted octanol–water partition coefficient (Wildman–Crippen LogP) is 1.41. The Balaban J connectivity index is 0.000000236. The molecular weight excluding hydrogens is 338 g/mol. The lowest BCUT2D eigenvalue weighted by molar-refractivity contribution is -0.133. The number of carbonyl (C=O) groups is 2. The molecule has 1 aromatic heterocycles. The van der Waals surface area contributed by atoms with Crippen molar-refractivity contribution in [2.75, 3.05) is 13.6 Å². The molecule has 25 heavy (non-hydrogen) atoms. The third-order valence-corrected chi connectivity index (χ3v) is 4.67. The van der Waals surface area contributed by atoms with Gasteiger partial charge in [-0.1, -0.05) is 12.0 Å². The van der Waals surface area contributed by atoms with Gasteiger partial charge in [-0.15, -0.1) is 17.8 Å². The summed E-state index contributed by atoms with van der Waals surface area (Å²) >= 11 is 1.38. The van der Waals surface area contributed by atoms with E-state index in [1.807, 2.05) is 25.1 Å². The first-order chi connectivity index (χ1) is 11.8. The number of primary amides is 1. The number of hydrogen-bond donors (Lipinski definition) is 2. The number of aliphatic hydroxyl groups excluding tert-OH is 1. The van der Waals surface area contributed by atoms with Crippen molar-refractivity contribution in [3.63, 3.8) is 0 Å². The van der Waals surface area contributed by atoms with Crippen LogP contribution in [0, 0.1) is 19.3 Å². The van der Waals surface area contributed by atoms with Crippen LogP contribution in [0.4, 0.5) is 0 Å². The molecule has 1 aliphatic heterocycles. The van der Waals surface area contributed by atoms with E-state index in [9.17, 15) is 9.59 Å². The van der Waals surface area contributed by atoms with Crippen LogP contribution in [-0.4, -0.2) is 46.5 Å². The van der Waals surface area contributed by atoms with E-state index in [0.29, 0.717) is 13.0 Å². The Morgan fingerprint density at radius 2 is 2.24 bits per heavy atom. The molecule has 0 bridgehead atoms. The summed E-state index contributed by atoms with van der Waals surface area (Å²) in [5, 5.41) is 11.2. The number of aromatic nitrogens is 1. The Bertz CT molecular complexity index is 826. The van der Waals surface area contributed by atoms with Gasteiger partial charge in [0.15, 0.2) is 0 Å². The maximum Gasteiger partial charge on any atom is 0.268 e. The molecule has 7 heteroatoms. The van der Waals surface area contributed by atoms with Crippen molar-refractivity contribution >= 4 is 23.2 Å². The largest absolute Gasteiger partial charge is 0.383 e. The number of likely N-dealkylation sites (tertiary alicyclic amines) is 1. The van der Waals surface area contributed by atoms with Crippen molar-refractivity contribution in [3.05, 3.63) is 40.4 Å². The third kappa shape index (κ3) is 4.44. The van der Waals surface area contributed by atoms with E-state index in [1.165, 1.54) is 16.2 Å². The molecule has 1 atom stereocenters. The van der Waals surface area contributed by atoms with Gasteiger partial charge in [0.2, 0.25) is 0 Å². The topological polar surface area (TPSA) is 96.5 Å². The lowest BCUT2D eigenvalue weighted by Gasteiger charge is -2.04. The van der Waals surface area contributed by atoms with E-state index >= 15 is 0 Å². The number of nitrogens with two attached hydrogens (primary N) is 1. The molecule has 3 rings (SSSR count). The highest BCUT2D eigenvalue weighted by Gasteiger charge is 2.25. The third-order valence-electron chi connectivity index (χ3n) is 3.79. The number of thiazole rings is 1. The summed E-state index contributed by atoms with van der Waals surface area (Å²) in [6.07, 6.45) is 5.23. The van der Waals surface area contributed by atoms with E-state index in [2.05, 4.69) is 10.9 Å². The maximum absolute atomic E-state index is 11.0. The molecule has 2 heterocycles. The van der Waals surface area contributed by atoms with Crippen molar-refractivity contribution in [1.82, 2.24) is 9.88 Å². The lowest BCUT2D eigenvalue weighted by Crippen LogP contribution is -2.24. The average molecular weight is 357 g/mol. The van der Waals surface area contributed by atoms with E-state index < -0.39 is 12.0 Å². The Morgan fingerprint density at radius 3 is 2.68 bits per heavy atom. The molecule has 0 saturated carbocycles. The second kappa shape index (κ2) is 7.92. The van der Waals surface area contributed by atoms with Gasteiger partial charge in [0, 0.05) is 30.1 Å². The monoisotopic (exact) mass is 357 g/mol. The van der Waals surface area contributed by atoms with Crippen LogP contribution in [0.15, 0.2) is 23.6 Å². The molecule has 1 fully saturated rings. The van der Waals surface area contributed by atoms with Gasteiger partial charge < -0.3 is 15.7 Å². The van der Waals surface area contributed by atoms with Crippen LogP contribution in [0.2, 0.25) is 0 Å². The van der Waals surface area contributed by atoms with E-state index in [1.54, 1.807) is 12.4 Å². The predicted molar refractivity (Wildman–Crippen MR) is 97.0 cm³/mol. The summed E-state index contributed by atoms with van der Waals surface area (Å²) < 4.78 is 0. The van der Waals surface area contributed by atoms with Gasteiger partial charge in [-0.25, -0.2) is 4.98 Å². The number of aliphatic hydroxyl groups is 1.